The van der Waals surface area contributed by atoms with Gasteiger partial charge >= 0.3 is 6.18 Å². The third-order valence-electron chi connectivity index (χ3n) is 3.17. The number of hydrogen-bond donors (Lipinski definition) is 2. The van der Waals surface area contributed by atoms with Crippen LogP contribution in [0.1, 0.15) is 12.0 Å². The molecule has 0 bridgehead atoms. The summed E-state index contributed by atoms with van der Waals surface area (Å²) in [6.07, 6.45) is -2.18. The first-order valence-electron chi connectivity index (χ1n) is 7.48. The Balaban J connectivity index is 2.04. The lowest BCUT2D eigenvalue weighted by Gasteiger charge is -2.12. The fourth-order valence-corrected chi connectivity index (χ4v) is 2.23. The molecule has 10 heteroatoms. The molecule has 2 aromatic rings. The van der Waals surface area contributed by atoms with Gasteiger partial charge in [-0.15, -0.1) is 5.10 Å². The highest BCUT2D eigenvalue weighted by atomic mass is 35.5. The number of rotatable bonds is 7. The van der Waals surface area contributed by atoms with E-state index in [2.05, 4.69) is 30.7 Å². The molecule has 0 spiro atoms. The molecule has 0 unspecified atom stereocenters. The molecule has 2 rings (SSSR count). The molecular formula is C15H18ClF3N6. The van der Waals surface area contributed by atoms with E-state index in [0.717, 1.165) is 19.0 Å². The van der Waals surface area contributed by atoms with Crippen LogP contribution in [0.3, 0.4) is 0 Å². The lowest BCUT2D eigenvalue weighted by atomic mass is 10.2. The quantitative estimate of drug-likeness (QED) is 0.721. The minimum Gasteiger partial charge on any atom is -0.369 e. The summed E-state index contributed by atoms with van der Waals surface area (Å²) in [7, 11) is 3.96. The molecule has 0 saturated heterocycles. The summed E-state index contributed by atoms with van der Waals surface area (Å²) < 4.78 is 38.7. The van der Waals surface area contributed by atoms with Crippen LogP contribution in [0, 0.1) is 0 Å². The Morgan fingerprint density at radius 1 is 1.24 bits per heavy atom. The van der Waals surface area contributed by atoms with Gasteiger partial charge in [0.1, 0.15) is 0 Å². The SMILES string of the molecule is CN(C)CCCNc1cnnc(Nc2ccc(Cl)c(C(F)(F)F)c2)n1. The maximum absolute atomic E-state index is 12.9. The van der Waals surface area contributed by atoms with Crippen LogP contribution in [-0.4, -0.2) is 47.3 Å². The van der Waals surface area contributed by atoms with Crippen LogP contribution in [0.25, 0.3) is 0 Å². The van der Waals surface area contributed by atoms with Gasteiger partial charge in [0, 0.05) is 12.2 Å². The fourth-order valence-electron chi connectivity index (χ4n) is 2.00. The largest absolute Gasteiger partial charge is 0.417 e. The van der Waals surface area contributed by atoms with Gasteiger partial charge in [-0.2, -0.15) is 23.3 Å². The minimum absolute atomic E-state index is 0.0908. The number of anilines is 3. The molecule has 0 fully saturated rings. The van der Waals surface area contributed by atoms with Crippen molar-refractivity contribution in [3.8, 4) is 0 Å². The summed E-state index contributed by atoms with van der Waals surface area (Å²) in [4.78, 5) is 6.24. The van der Waals surface area contributed by atoms with Crippen LogP contribution in [-0.2, 0) is 6.18 Å². The molecule has 0 atom stereocenters. The molecular weight excluding hydrogens is 357 g/mol. The van der Waals surface area contributed by atoms with Gasteiger partial charge in [-0.05, 0) is 45.3 Å². The Morgan fingerprint density at radius 2 is 2.00 bits per heavy atom. The Labute approximate surface area is 148 Å². The number of hydrogen-bond acceptors (Lipinski definition) is 6. The number of nitrogens with one attached hydrogen (secondary N) is 2. The number of benzene rings is 1. The van der Waals surface area contributed by atoms with Gasteiger partial charge in [0.2, 0.25) is 5.95 Å². The monoisotopic (exact) mass is 374 g/mol. The number of aromatic nitrogens is 3. The van der Waals surface area contributed by atoms with E-state index < -0.39 is 11.7 Å². The van der Waals surface area contributed by atoms with Crippen LogP contribution in [0.15, 0.2) is 24.4 Å². The van der Waals surface area contributed by atoms with Crippen LogP contribution in [0.5, 0.6) is 0 Å². The molecule has 0 aliphatic rings. The zero-order chi connectivity index (χ0) is 18.4. The summed E-state index contributed by atoms with van der Waals surface area (Å²) in [5.74, 6) is 0.578. The molecule has 1 aromatic heterocycles. The van der Waals surface area contributed by atoms with Crippen molar-refractivity contribution in [3.05, 3.63) is 35.0 Å². The second-order valence-electron chi connectivity index (χ2n) is 5.57. The molecule has 136 valence electrons. The van der Waals surface area contributed by atoms with Crippen molar-refractivity contribution in [2.45, 2.75) is 12.6 Å². The number of alkyl halides is 3. The topological polar surface area (TPSA) is 66.0 Å². The molecule has 0 radical (unpaired) electrons. The minimum atomic E-state index is -4.54. The van der Waals surface area contributed by atoms with Gasteiger partial charge in [-0.1, -0.05) is 11.6 Å². The van der Waals surface area contributed by atoms with Crippen molar-refractivity contribution in [2.24, 2.45) is 0 Å². The average Bonchev–Trinajstić information content (AvgIpc) is 2.53. The van der Waals surface area contributed by atoms with E-state index in [1.807, 2.05) is 14.1 Å². The van der Waals surface area contributed by atoms with Crippen LogP contribution in [0.2, 0.25) is 5.02 Å². The molecule has 1 aromatic carbocycles. The van der Waals surface area contributed by atoms with Crippen molar-refractivity contribution >= 4 is 29.1 Å². The maximum atomic E-state index is 12.9. The van der Waals surface area contributed by atoms with Crippen LogP contribution >= 0.6 is 11.6 Å². The van der Waals surface area contributed by atoms with Crippen molar-refractivity contribution in [2.75, 3.05) is 37.8 Å². The van der Waals surface area contributed by atoms with E-state index >= 15 is 0 Å². The van der Waals surface area contributed by atoms with Crippen LogP contribution < -0.4 is 10.6 Å². The third kappa shape index (κ3) is 6.02. The molecule has 6 nitrogen and oxygen atoms in total. The predicted octanol–water partition coefficient (Wildman–Crippen LogP) is 3.65. The Bertz CT molecular complexity index is 708. The van der Waals surface area contributed by atoms with Gasteiger partial charge < -0.3 is 15.5 Å². The zero-order valence-corrected chi connectivity index (χ0v) is 14.5. The lowest BCUT2D eigenvalue weighted by Crippen LogP contribution is -2.17. The Morgan fingerprint density at radius 3 is 2.68 bits per heavy atom. The predicted molar refractivity (Wildman–Crippen MR) is 91.2 cm³/mol. The second kappa shape index (κ2) is 8.30. The maximum Gasteiger partial charge on any atom is 0.417 e. The molecule has 0 aliphatic heterocycles. The summed E-state index contributed by atoms with van der Waals surface area (Å²) in [6, 6.07) is 3.49. The lowest BCUT2D eigenvalue weighted by molar-refractivity contribution is -0.137. The number of halogens is 4. The number of nitrogens with zero attached hydrogens (tertiary/aromatic N) is 4. The van der Waals surface area contributed by atoms with Gasteiger partial charge in [-0.3, -0.25) is 0 Å². The second-order valence-corrected chi connectivity index (χ2v) is 5.97. The Hall–Kier alpha value is -2.13. The Kier molecular flexibility index (Phi) is 6.38. The zero-order valence-electron chi connectivity index (χ0n) is 13.7. The highest BCUT2D eigenvalue weighted by molar-refractivity contribution is 6.31. The van der Waals surface area contributed by atoms with E-state index in [1.165, 1.54) is 18.3 Å². The molecule has 0 amide bonds. The van der Waals surface area contributed by atoms with Crippen molar-refractivity contribution < 1.29 is 13.2 Å². The van der Waals surface area contributed by atoms with E-state index in [0.29, 0.717) is 12.4 Å². The molecule has 25 heavy (non-hydrogen) atoms. The van der Waals surface area contributed by atoms with E-state index in [1.54, 1.807) is 0 Å². The van der Waals surface area contributed by atoms with Crippen molar-refractivity contribution in [3.63, 3.8) is 0 Å². The highest BCUT2D eigenvalue weighted by Gasteiger charge is 2.33. The van der Waals surface area contributed by atoms with Crippen molar-refractivity contribution in [1.82, 2.24) is 20.1 Å². The van der Waals surface area contributed by atoms with E-state index in [-0.39, 0.29) is 16.7 Å². The normalized spacial score (nSPS) is 11.6. The average molecular weight is 375 g/mol. The van der Waals surface area contributed by atoms with Gasteiger partial charge in [0.25, 0.3) is 0 Å². The smallest absolute Gasteiger partial charge is 0.369 e. The van der Waals surface area contributed by atoms with E-state index in [9.17, 15) is 13.2 Å². The highest BCUT2D eigenvalue weighted by Crippen LogP contribution is 2.36. The fraction of sp³-hybridized carbons (Fsp3) is 0.400. The molecule has 0 saturated carbocycles. The molecule has 0 aliphatic carbocycles. The first kappa shape index (κ1) is 19.2. The molecule has 1 heterocycles. The van der Waals surface area contributed by atoms with Gasteiger partial charge in [-0.25, -0.2) is 0 Å². The summed E-state index contributed by atoms with van der Waals surface area (Å²) >= 11 is 5.60. The summed E-state index contributed by atoms with van der Waals surface area (Å²) in [5.41, 5.74) is -0.756. The first-order valence-corrected chi connectivity index (χ1v) is 7.85. The summed E-state index contributed by atoms with van der Waals surface area (Å²) in [5, 5.41) is 13.0. The van der Waals surface area contributed by atoms with Gasteiger partial charge in [0.05, 0.1) is 16.8 Å². The van der Waals surface area contributed by atoms with Gasteiger partial charge in [0.15, 0.2) is 5.82 Å². The standard InChI is InChI=1S/C15H18ClF3N6/c1-25(2)7-3-6-20-13-9-21-24-14(23-13)22-10-4-5-12(16)11(8-10)15(17,18)19/h4-5,8-9H,3,6-7H2,1-2H3,(H2,20,22,23,24). The van der Waals surface area contributed by atoms with Crippen molar-refractivity contribution in [1.29, 1.82) is 0 Å². The third-order valence-corrected chi connectivity index (χ3v) is 3.50. The summed E-state index contributed by atoms with van der Waals surface area (Å²) in [6.45, 7) is 1.61. The molecule has 2 N–H and O–H groups in total. The van der Waals surface area contributed by atoms with Crippen LogP contribution in [0.4, 0.5) is 30.6 Å². The van der Waals surface area contributed by atoms with E-state index in [4.69, 9.17) is 11.6 Å². The first-order chi connectivity index (χ1) is 11.8.